The lowest BCUT2D eigenvalue weighted by atomic mass is 10.1. The Hall–Kier alpha value is -1.38. The molecule has 0 heterocycles. The van der Waals surface area contributed by atoms with Crippen LogP contribution in [0.2, 0.25) is 0 Å². The molecule has 0 aromatic heterocycles. The normalized spacial score (nSPS) is 10.8. The Balaban J connectivity index is 2.19. The average Bonchev–Trinajstić information content (AvgIpc) is 2.62. The third-order valence-corrected chi connectivity index (χ3v) is 4.45. The van der Waals surface area contributed by atoms with E-state index in [9.17, 15) is 5.11 Å². The molecule has 0 atom stereocenters. The van der Waals surface area contributed by atoms with Crippen molar-refractivity contribution in [3.05, 3.63) is 18.2 Å². The van der Waals surface area contributed by atoms with E-state index in [0.29, 0.717) is 12.4 Å². The molecule has 0 saturated carbocycles. The molecule has 0 amide bonds. The second-order valence-electron chi connectivity index (χ2n) is 6.86. The van der Waals surface area contributed by atoms with Gasteiger partial charge in [0.2, 0.25) is 0 Å². The maximum Gasteiger partial charge on any atom is 0.164 e. The van der Waals surface area contributed by atoms with Crippen LogP contribution in [0.1, 0.15) is 90.9 Å². The predicted molar refractivity (Wildman–Crippen MR) is 106 cm³/mol. The zero-order chi connectivity index (χ0) is 18.2. The fourth-order valence-electron chi connectivity index (χ4n) is 2.84. The van der Waals surface area contributed by atoms with Gasteiger partial charge in [0.25, 0.3) is 0 Å². The Bertz CT molecular complexity index is 431. The van der Waals surface area contributed by atoms with Crippen molar-refractivity contribution in [1.29, 1.82) is 0 Å². The minimum atomic E-state index is 0.192. The monoisotopic (exact) mass is 350 g/mol. The van der Waals surface area contributed by atoms with Gasteiger partial charge in [-0.3, -0.25) is 0 Å². The van der Waals surface area contributed by atoms with Gasteiger partial charge in [0, 0.05) is 6.07 Å². The number of phenolic OH excluding ortho intramolecular Hbond substituents is 1. The molecule has 3 nitrogen and oxygen atoms in total. The van der Waals surface area contributed by atoms with E-state index in [1.165, 1.54) is 64.2 Å². The number of ether oxygens (including phenoxy) is 2. The van der Waals surface area contributed by atoms with Crippen molar-refractivity contribution in [3.63, 3.8) is 0 Å². The van der Waals surface area contributed by atoms with Crippen LogP contribution >= 0.6 is 0 Å². The Morgan fingerprint density at radius 1 is 0.680 bits per heavy atom. The number of benzene rings is 1. The molecule has 1 N–H and O–H groups in total. The number of phenols is 1. The molecule has 144 valence electrons. The summed E-state index contributed by atoms with van der Waals surface area (Å²) < 4.78 is 11.5. The second-order valence-corrected chi connectivity index (χ2v) is 6.86. The van der Waals surface area contributed by atoms with Crippen LogP contribution in [0.3, 0.4) is 0 Å². The lowest BCUT2D eigenvalue weighted by Crippen LogP contribution is -2.00. The molecule has 0 bridgehead atoms. The molecular weight excluding hydrogens is 312 g/mol. The maximum atomic E-state index is 9.92. The quantitative estimate of drug-likeness (QED) is 0.331. The minimum Gasteiger partial charge on any atom is -0.504 e. The molecule has 1 aromatic rings. The van der Waals surface area contributed by atoms with Crippen molar-refractivity contribution >= 4 is 0 Å². The lowest BCUT2D eigenvalue weighted by Gasteiger charge is -2.11. The zero-order valence-electron chi connectivity index (χ0n) is 16.4. The number of unbranched alkanes of at least 4 members (excludes halogenated alkanes) is 10. The molecule has 3 heteroatoms. The van der Waals surface area contributed by atoms with Crippen LogP contribution in [0.25, 0.3) is 0 Å². The number of hydrogen-bond acceptors (Lipinski definition) is 3. The summed E-state index contributed by atoms with van der Waals surface area (Å²) in [6.07, 6.45) is 14.9. The van der Waals surface area contributed by atoms with Crippen LogP contribution in [-0.4, -0.2) is 18.3 Å². The molecule has 0 aliphatic rings. The lowest BCUT2D eigenvalue weighted by molar-refractivity contribution is 0.279. The first kappa shape index (κ1) is 21.7. The highest BCUT2D eigenvalue weighted by Gasteiger charge is 2.05. The van der Waals surface area contributed by atoms with E-state index in [1.807, 2.05) is 12.1 Å². The molecule has 0 spiro atoms. The second kappa shape index (κ2) is 14.9. The van der Waals surface area contributed by atoms with Crippen molar-refractivity contribution in [3.8, 4) is 17.2 Å². The van der Waals surface area contributed by atoms with Gasteiger partial charge >= 0.3 is 0 Å². The molecular formula is C22H38O3. The molecule has 0 fully saturated rings. The fourth-order valence-corrected chi connectivity index (χ4v) is 2.84. The van der Waals surface area contributed by atoms with Gasteiger partial charge in [-0.1, -0.05) is 78.1 Å². The predicted octanol–water partition coefficient (Wildman–Crippen LogP) is 6.87. The third kappa shape index (κ3) is 11.0. The molecule has 0 aliphatic heterocycles. The maximum absolute atomic E-state index is 9.92. The Morgan fingerprint density at radius 2 is 1.20 bits per heavy atom. The third-order valence-electron chi connectivity index (χ3n) is 4.45. The summed E-state index contributed by atoms with van der Waals surface area (Å²) in [5, 5.41) is 9.92. The van der Waals surface area contributed by atoms with E-state index in [4.69, 9.17) is 9.47 Å². The van der Waals surface area contributed by atoms with Crippen LogP contribution in [0.5, 0.6) is 17.2 Å². The largest absolute Gasteiger partial charge is 0.504 e. The Labute approximate surface area is 154 Å². The molecule has 0 radical (unpaired) electrons. The first-order valence-electron chi connectivity index (χ1n) is 10.4. The summed E-state index contributed by atoms with van der Waals surface area (Å²) in [6, 6.07) is 5.28. The van der Waals surface area contributed by atoms with Crippen molar-refractivity contribution in [2.75, 3.05) is 13.2 Å². The summed E-state index contributed by atoms with van der Waals surface area (Å²) in [7, 11) is 0. The summed E-state index contributed by atoms with van der Waals surface area (Å²) >= 11 is 0. The van der Waals surface area contributed by atoms with Crippen molar-refractivity contribution < 1.29 is 14.6 Å². The van der Waals surface area contributed by atoms with Crippen LogP contribution in [-0.2, 0) is 0 Å². The highest BCUT2D eigenvalue weighted by atomic mass is 16.5. The van der Waals surface area contributed by atoms with E-state index in [1.54, 1.807) is 6.07 Å². The standard InChI is InChI=1S/C22H38O3/c1-3-5-7-9-11-13-17-24-20-15-16-21(23)22(19-20)25-18-14-12-10-8-6-4-2/h15-16,19,23H,3-14,17-18H2,1-2H3. The Kier molecular flexibility index (Phi) is 12.9. The number of hydrogen-bond donors (Lipinski definition) is 1. The minimum absolute atomic E-state index is 0.192. The van der Waals surface area contributed by atoms with Gasteiger partial charge in [0.15, 0.2) is 11.5 Å². The number of aromatic hydroxyl groups is 1. The highest BCUT2D eigenvalue weighted by molar-refractivity contribution is 5.44. The van der Waals surface area contributed by atoms with Crippen molar-refractivity contribution in [1.82, 2.24) is 0 Å². The fraction of sp³-hybridized carbons (Fsp3) is 0.727. The molecule has 0 aliphatic carbocycles. The molecule has 1 rings (SSSR count). The topological polar surface area (TPSA) is 38.7 Å². The molecule has 0 saturated heterocycles. The average molecular weight is 351 g/mol. The van der Waals surface area contributed by atoms with Gasteiger partial charge in [-0.25, -0.2) is 0 Å². The van der Waals surface area contributed by atoms with Gasteiger partial charge in [-0.2, -0.15) is 0 Å². The van der Waals surface area contributed by atoms with E-state index in [0.717, 1.165) is 25.2 Å². The first-order chi connectivity index (χ1) is 12.3. The van der Waals surface area contributed by atoms with Crippen LogP contribution < -0.4 is 9.47 Å². The van der Waals surface area contributed by atoms with E-state index in [2.05, 4.69) is 13.8 Å². The van der Waals surface area contributed by atoms with E-state index in [-0.39, 0.29) is 5.75 Å². The summed E-state index contributed by atoms with van der Waals surface area (Å²) in [5.41, 5.74) is 0. The molecule has 1 aromatic carbocycles. The molecule has 25 heavy (non-hydrogen) atoms. The number of rotatable bonds is 16. The van der Waals surface area contributed by atoms with Gasteiger partial charge in [-0.05, 0) is 25.0 Å². The van der Waals surface area contributed by atoms with Crippen LogP contribution in [0, 0.1) is 0 Å². The smallest absolute Gasteiger partial charge is 0.164 e. The van der Waals surface area contributed by atoms with Crippen LogP contribution in [0.15, 0.2) is 18.2 Å². The van der Waals surface area contributed by atoms with Crippen molar-refractivity contribution in [2.24, 2.45) is 0 Å². The van der Waals surface area contributed by atoms with Crippen molar-refractivity contribution in [2.45, 2.75) is 90.9 Å². The van der Waals surface area contributed by atoms with Gasteiger partial charge in [0.1, 0.15) is 5.75 Å². The molecule has 0 unspecified atom stereocenters. The van der Waals surface area contributed by atoms with Gasteiger partial charge < -0.3 is 14.6 Å². The summed E-state index contributed by atoms with van der Waals surface area (Å²) in [5.74, 6) is 1.51. The zero-order valence-corrected chi connectivity index (χ0v) is 16.4. The Morgan fingerprint density at radius 3 is 1.80 bits per heavy atom. The van der Waals surface area contributed by atoms with E-state index < -0.39 is 0 Å². The SMILES string of the molecule is CCCCCCCCOc1ccc(O)c(OCCCCCCCC)c1. The van der Waals surface area contributed by atoms with E-state index >= 15 is 0 Å². The highest BCUT2D eigenvalue weighted by Crippen LogP contribution is 2.30. The first-order valence-corrected chi connectivity index (χ1v) is 10.4. The summed E-state index contributed by atoms with van der Waals surface area (Å²) in [4.78, 5) is 0. The van der Waals surface area contributed by atoms with Gasteiger partial charge in [-0.15, -0.1) is 0 Å². The van der Waals surface area contributed by atoms with Gasteiger partial charge in [0.05, 0.1) is 13.2 Å². The van der Waals surface area contributed by atoms with Crippen LogP contribution in [0.4, 0.5) is 0 Å². The summed E-state index contributed by atoms with van der Waals surface area (Å²) in [6.45, 7) is 5.85.